The van der Waals surface area contributed by atoms with Crippen LogP contribution in [0.3, 0.4) is 0 Å². The van der Waals surface area contributed by atoms with Crippen molar-refractivity contribution in [3.8, 4) is 0 Å². The Morgan fingerprint density at radius 2 is 1.95 bits per heavy atom. The highest BCUT2D eigenvalue weighted by Gasteiger charge is 2.18. The maximum atomic E-state index is 11.9. The number of amides is 1. The number of rotatable bonds is 9. The summed E-state index contributed by atoms with van der Waals surface area (Å²) in [6.07, 6.45) is 1.84. The predicted octanol–water partition coefficient (Wildman–Crippen LogP) is 2.39. The van der Waals surface area contributed by atoms with Crippen LogP contribution < -0.4 is 16.0 Å². The number of anilines is 1. The van der Waals surface area contributed by atoms with E-state index in [-0.39, 0.29) is 11.8 Å². The number of para-hydroxylation sites is 1. The second-order valence-electron chi connectivity index (χ2n) is 5.47. The molecule has 0 aromatic heterocycles. The zero-order valence-corrected chi connectivity index (χ0v) is 13.5. The van der Waals surface area contributed by atoms with Crippen molar-refractivity contribution in [1.29, 1.82) is 0 Å². The van der Waals surface area contributed by atoms with E-state index in [4.69, 9.17) is 5.73 Å². The zero-order valence-electron chi connectivity index (χ0n) is 13.5. The molecule has 118 valence electrons. The van der Waals surface area contributed by atoms with Crippen LogP contribution in [0.2, 0.25) is 0 Å². The number of benzene rings is 1. The molecule has 0 radical (unpaired) electrons. The molecule has 4 nitrogen and oxygen atoms in total. The van der Waals surface area contributed by atoms with Crippen molar-refractivity contribution >= 4 is 11.6 Å². The minimum atomic E-state index is -0.397. The third kappa shape index (κ3) is 5.76. The summed E-state index contributed by atoms with van der Waals surface area (Å²) in [6.45, 7) is 8.77. The van der Waals surface area contributed by atoms with Gasteiger partial charge in [-0.25, -0.2) is 0 Å². The van der Waals surface area contributed by atoms with Crippen molar-refractivity contribution in [3.63, 3.8) is 0 Å². The van der Waals surface area contributed by atoms with Gasteiger partial charge in [0.05, 0.1) is 6.04 Å². The van der Waals surface area contributed by atoms with Gasteiger partial charge in [0.25, 0.3) is 0 Å². The van der Waals surface area contributed by atoms with Gasteiger partial charge in [0.1, 0.15) is 0 Å². The maximum absolute atomic E-state index is 11.9. The summed E-state index contributed by atoms with van der Waals surface area (Å²) in [6, 6.07) is 9.94. The van der Waals surface area contributed by atoms with Gasteiger partial charge in [-0.15, -0.1) is 0 Å². The standard InChI is InChI=1S/C17H29N3O/c1-4-14(3)16(18)17(21)19-12-9-13-20(5-2)15-10-7-6-8-11-15/h6-8,10-11,14,16H,4-5,9,12-13,18H2,1-3H3,(H,19,21). The molecule has 0 aliphatic rings. The van der Waals surface area contributed by atoms with Gasteiger partial charge in [0.2, 0.25) is 5.91 Å². The number of carbonyl (C=O) groups is 1. The molecular weight excluding hydrogens is 262 g/mol. The van der Waals surface area contributed by atoms with Crippen LogP contribution in [0.4, 0.5) is 5.69 Å². The smallest absolute Gasteiger partial charge is 0.237 e. The van der Waals surface area contributed by atoms with Gasteiger partial charge in [-0.1, -0.05) is 38.5 Å². The van der Waals surface area contributed by atoms with Gasteiger partial charge in [0.15, 0.2) is 0 Å². The zero-order chi connectivity index (χ0) is 15.7. The Balaban J connectivity index is 2.31. The quantitative estimate of drug-likeness (QED) is 0.687. The molecule has 0 fully saturated rings. The van der Waals surface area contributed by atoms with Crippen LogP contribution in [0.5, 0.6) is 0 Å². The summed E-state index contributed by atoms with van der Waals surface area (Å²) in [5.74, 6) is 0.188. The van der Waals surface area contributed by atoms with Gasteiger partial charge < -0.3 is 16.0 Å². The number of nitrogens with one attached hydrogen (secondary N) is 1. The van der Waals surface area contributed by atoms with E-state index in [1.807, 2.05) is 25.1 Å². The summed E-state index contributed by atoms with van der Waals surface area (Å²) in [7, 11) is 0. The molecule has 0 saturated carbocycles. The number of hydrogen-bond donors (Lipinski definition) is 2. The molecule has 0 heterocycles. The molecular formula is C17H29N3O. The molecule has 1 aromatic carbocycles. The number of nitrogens with zero attached hydrogens (tertiary/aromatic N) is 1. The maximum Gasteiger partial charge on any atom is 0.237 e. The van der Waals surface area contributed by atoms with E-state index < -0.39 is 6.04 Å². The molecule has 2 unspecified atom stereocenters. The van der Waals surface area contributed by atoms with Crippen molar-refractivity contribution in [2.24, 2.45) is 11.7 Å². The van der Waals surface area contributed by atoms with Crippen molar-refractivity contribution < 1.29 is 4.79 Å². The van der Waals surface area contributed by atoms with Crippen LogP contribution >= 0.6 is 0 Å². The molecule has 0 aliphatic heterocycles. The van der Waals surface area contributed by atoms with E-state index in [1.165, 1.54) is 5.69 Å². The first-order valence-electron chi connectivity index (χ1n) is 7.93. The molecule has 1 rings (SSSR count). The third-order valence-corrected chi connectivity index (χ3v) is 3.97. The molecule has 21 heavy (non-hydrogen) atoms. The van der Waals surface area contributed by atoms with Crippen LogP contribution in [0, 0.1) is 5.92 Å². The molecule has 0 aliphatic carbocycles. The Labute approximate surface area is 128 Å². The Morgan fingerprint density at radius 3 is 2.52 bits per heavy atom. The normalized spacial score (nSPS) is 13.5. The van der Waals surface area contributed by atoms with E-state index in [1.54, 1.807) is 0 Å². The Kier molecular flexibility index (Phi) is 7.83. The molecule has 0 saturated heterocycles. The first-order chi connectivity index (χ1) is 10.1. The van der Waals surface area contributed by atoms with Crippen LogP contribution in [-0.2, 0) is 4.79 Å². The lowest BCUT2D eigenvalue weighted by atomic mass is 9.99. The van der Waals surface area contributed by atoms with E-state index in [0.717, 1.165) is 25.9 Å². The molecule has 1 amide bonds. The number of hydrogen-bond acceptors (Lipinski definition) is 3. The van der Waals surface area contributed by atoms with Crippen LogP contribution in [0.15, 0.2) is 30.3 Å². The summed E-state index contributed by atoms with van der Waals surface area (Å²) in [5, 5.41) is 2.94. The minimum Gasteiger partial charge on any atom is -0.372 e. The van der Waals surface area contributed by atoms with Crippen molar-refractivity contribution in [2.45, 2.75) is 39.7 Å². The summed E-state index contributed by atoms with van der Waals surface area (Å²) >= 11 is 0. The lowest BCUT2D eigenvalue weighted by Crippen LogP contribution is -2.45. The highest BCUT2D eigenvalue weighted by Crippen LogP contribution is 2.12. The van der Waals surface area contributed by atoms with Gasteiger partial charge >= 0.3 is 0 Å². The average Bonchev–Trinajstić information content (AvgIpc) is 2.54. The van der Waals surface area contributed by atoms with Crippen molar-refractivity contribution in [1.82, 2.24) is 5.32 Å². The molecule has 3 N–H and O–H groups in total. The first kappa shape index (κ1) is 17.5. The monoisotopic (exact) mass is 291 g/mol. The average molecular weight is 291 g/mol. The highest BCUT2D eigenvalue weighted by molar-refractivity contribution is 5.81. The van der Waals surface area contributed by atoms with Crippen LogP contribution in [0.1, 0.15) is 33.6 Å². The second-order valence-corrected chi connectivity index (χ2v) is 5.47. The van der Waals surface area contributed by atoms with Gasteiger partial charge in [-0.05, 0) is 31.4 Å². The lowest BCUT2D eigenvalue weighted by Gasteiger charge is -2.23. The Bertz CT molecular complexity index is 408. The topological polar surface area (TPSA) is 58.4 Å². The lowest BCUT2D eigenvalue weighted by molar-refractivity contribution is -0.123. The largest absolute Gasteiger partial charge is 0.372 e. The first-order valence-corrected chi connectivity index (χ1v) is 7.93. The summed E-state index contributed by atoms with van der Waals surface area (Å²) in [5.41, 5.74) is 7.13. The molecule has 0 spiro atoms. The molecule has 1 aromatic rings. The molecule has 4 heteroatoms. The summed E-state index contributed by atoms with van der Waals surface area (Å²) in [4.78, 5) is 14.2. The van der Waals surface area contributed by atoms with E-state index >= 15 is 0 Å². The minimum absolute atomic E-state index is 0.0351. The van der Waals surface area contributed by atoms with Crippen molar-refractivity contribution in [2.75, 3.05) is 24.5 Å². The molecule has 2 atom stereocenters. The molecule has 0 bridgehead atoms. The summed E-state index contributed by atoms with van der Waals surface area (Å²) < 4.78 is 0. The van der Waals surface area contributed by atoms with E-state index in [2.05, 4.69) is 36.2 Å². The SMILES string of the molecule is CCC(C)C(N)C(=O)NCCCN(CC)c1ccccc1. The van der Waals surface area contributed by atoms with Crippen LogP contribution in [0.25, 0.3) is 0 Å². The van der Waals surface area contributed by atoms with E-state index in [0.29, 0.717) is 6.54 Å². The predicted molar refractivity (Wildman–Crippen MR) is 89.4 cm³/mol. The van der Waals surface area contributed by atoms with Gasteiger partial charge in [-0.3, -0.25) is 4.79 Å². The third-order valence-electron chi connectivity index (χ3n) is 3.97. The van der Waals surface area contributed by atoms with E-state index in [9.17, 15) is 4.79 Å². The second kappa shape index (κ2) is 9.40. The van der Waals surface area contributed by atoms with Crippen LogP contribution in [-0.4, -0.2) is 31.6 Å². The Hall–Kier alpha value is -1.55. The van der Waals surface area contributed by atoms with Crippen molar-refractivity contribution in [3.05, 3.63) is 30.3 Å². The number of nitrogens with two attached hydrogens (primary N) is 1. The van der Waals surface area contributed by atoms with Gasteiger partial charge in [0, 0.05) is 25.3 Å². The number of carbonyl (C=O) groups excluding carboxylic acids is 1. The Morgan fingerprint density at radius 1 is 1.29 bits per heavy atom. The fraction of sp³-hybridized carbons (Fsp3) is 0.588. The highest BCUT2D eigenvalue weighted by atomic mass is 16.2. The fourth-order valence-corrected chi connectivity index (χ4v) is 2.22. The van der Waals surface area contributed by atoms with Gasteiger partial charge in [-0.2, -0.15) is 0 Å². The fourth-order valence-electron chi connectivity index (χ4n) is 2.22.